The maximum absolute atomic E-state index is 12.8. The predicted octanol–water partition coefficient (Wildman–Crippen LogP) is 9.75. The molecule has 0 unspecified atom stereocenters. The lowest BCUT2D eigenvalue weighted by Crippen LogP contribution is -2.18. The third kappa shape index (κ3) is 21.2. The van der Waals surface area contributed by atoms with E-state index in [0.717, 1.165) is 0 Å². The zero-order chi connectivity index (χ0) is 92.5. The first-order valence-corrected chi connectivity index (χ1v) is 39.2. The molecule has 41 nitrogen and oxygen atoms in total. The van der Waals surface area contributed by atoms with Crippen molar-refractivity contribution in [1.29, 1.82) is 0 Å². The Kier molecular flexibility index (Phi) is 28.3. The summed E-state index contributed by atoms with van der Waals surface area (Å²) in [6.07, 6.45) is 25.3. The van der Waals surface area contributed by atoms with E-state index in [1.54, 1.807) is 259 Å². The molecule has 0 aliphatic carbocycles. The van der Waals surface area contributed by atoms with Gasteiger partial charge in [0.2, 0.25) is 5.82 Å². The summed E-state index contributed by atoms with van der Waals surface area (Å²) in [4.78, 5) is 181. The smallest absolute Gasteiger partial charge is 0.292 e. The lowest BCUT2D eigenvalue weighted by atomic mass is 10.1. The summed E-state index contributed by atoms with van der Waals surface area (Å²) in [6, 6.07) is 13.2. The van der Waals surface area contributed by atoms with Gasteiger partial charge in [-0.1, -0.05) is 55.4 Å². The number of aryl methyl sites for hydroxylation is 12. The van der Waals surface area contributed by atoms with Crippen molar-refractivity contribution in [2.45, 2.75) is 55.4 Å². The molecule has 0 fully saturated rings. The Bertz CT molecular complexity index is 6190. The molecular formula is C85H100N26O15. The molecule has 660 valence electrons. The minimum absolute atomic E-state index is 0.00569. The first-order valence-electron chi connectivity index (χ1n) is 39.2. The molecule has 0 radical (unpaired) electrons. The van der Waals surface area contributed by atoms with Gasteiger partial charge in [0.25, 0.3) is 53.2 Å². The largest absolute Gasteiger partial charge is 0.504 e. The van der Waals surface area contributed by atoms with E-state index < -0.39 is 35.3 Å². The number of hydrogen-bond donors (Lipinski definition) is 12. The highest BCUT2D eigenvalue weighted by molar-refractivity contribution is 6.13. The van der Waals surface area contributed by atoms with Crippen LogP contribution in [0, 0.1) is 23.7 Å². The second-order valence-corrected chi connectivity index (χ2v) is 30.9. The molecule has 13 aromatic heterocycles. The van der Waals surface area contributed by atoms with Crippen molar-refractivity contribution in [3.63, 3.8) is 0 Å². The highest BCUT2D eigenvalue weighted by Gasteiger charge is 2.29. The number of hydrogen-bond acceptors (Lipinski definition) is 19. The normalized spacial score (nSPS) is 11.0. The van der Waals surface area contributed by atoms with Crippen molar-refractivity contribution in [2.24, 2.45) is 108 Å². The third-order valence-corrected chi connectivity index (χ3v) is 19.7. The van der Waals surface area contributed by atoms with Gasteiger partial charge in [0, 0.05) is 207 Å². The van der Waals surface area contributed by atoms with E-state index in [1.165, 1.54) is 55.4 Å². The molecule has 0 bridgehead atoms. The van der Waals surface area contributed by atoms with E-state index in [0.29, 0.717) is 74.0 Å². The van der Waals surface area contributed by atoms with Crippen LogP contribution in [0.2, 0.25) is 0 Å². The number of aromatic hydroxyl groups is 2. The van der Waals surface area contributed by atoms with Crippen LogP contribution in [0.4, 0.5) is 51.3 Å². The number of Topliss-reactive ketones (excluding diaryl/α,β-unsaturated/α-hetero) is 4. The molecule has 0 atom stereocenters. The van der Waals surface area contributed by atoms with Gasteiger partial charge >= 0.3 is 0 Å². The average Bonchev–Trinajstić information content (AvgIpc) is 1.66. The molecule has 0 aromatic carbocycles. The number of aromatic nitrogens is 17. The molecule has 13 aromatic rings. The van der Waals surface area contributed by atoms with Crippen LogP contribution in [0.15, 0.2) is 148 Å². The highest BCUT2D eigenvalue weighted by atomic mass is 16.3. The molecule has 0 saturated heterocycles. The van der Waals surface area contributed by atoms with E-state index in [2.05, 4.69) is 72.8 Å². The SMILES string of the molecule is CC(C)C(=O)c1cc(NC(=O)c2[nH]cc(NC(=O)c3nc(NC(=O)c4nccn4C)cn3C)c2O)cn1C.CC(C)C(=O)c1cc(NC(=O)c2c(O)c(NC(=O)c3nccn3C)cn2C)cn1C.CC(C)C(=O)c1cc(NC(=O)c2cc(NC(=O)c3cccn3C)cn2C)cn1C.CC(C)C(=O)c1cc(NC(=O)c2cc(NC(=O)c3nccn3C)cn2C)cn1C. The number of aromatic amines is 1. The molecular weight excluding hydrogens is 1630 g/mol. The van der Waals surface area contributed by atoms with Crippen LogP contribution in [0.3, 0.4) is 0 Å². The minimum atomic E-state index is -0.689. The zero-order valence-corrected chi connectivity index (χ0v) is 73.0. The minimum Gasteiger partial charge on any atom is -0.504 e. The molecule has 0 aliphatic heterocycles. The first-order chi connectivity index (χ1) is 59.4. The molecule has 9 amide bonds. The molecule has 0 spiro atoms. The summed E-state index contributed by atoms with van der Waals surface area (Å²) >= 11 is 0. The van der Waals surface area contributed by atoms with E-state index in [4.69, 9.17) is 0 Å². The van der Waals surface area contributed by atoms with Crippen molar-refractivity contribution in [1.82, 2.24) is 79.7 Å². The number of imidazole rings is 4. The van der Waals surface area contributed by atoms with Crippen LogP contribution >= 0.6 is 0 Å². The average molecular weight is 1730 g/mol. The number of anilines is 9. The van der Waals surface area contributed by atoms with Gasteiger partial charge < -0.3 is 118 Å². The van der Waals surface area contributed by atoms with Crippen LogP contribution in [0.25, 0.3) is 0 Å². The van der Waals surface area contributed by atoms with Crippen LogP contribution in [-0.4, -0.2) is 166 Å². The van der Waals surface area contributed by atoms with Crippen molar-refractivity contribution >= 4 is 128 Å². The van der Waals surface area contributed by atoms with Crippen LogP contribution < -0.4 is 47.9 Å². The fraction of sp³-hybridized carbons (Fsp3) is 0.282. The van der Waals surface area contributed by atoms with Gasteiger partial charge in [0.15, 0.2) is 63.6 Å². The Hall–Kier alpha value is -16.1. The van der Waals surface area contributed by atoms with Gasteiger partial charge in [-0.05, 0) is 48.5 Å². The number of carbonyl (C=O) groups is 13. The lowest BCUT2D eigenvalue weighted by molar-refractivity contribution is 0.0924. The van der Waals surface area contributed by atoms with E-state index in [-0.39, 0.29) is 128 Å². The fourth-order valence-electron chi connectivity index (χ4n) is 12.9. The molecule has 12 N–H and O–H groups in total. The Morgan fingerprint density at radius 3 is 0.976 bits per heavy atom. The Labute approximate surface area is 721 Å². The monoisotopic (exact) mass is 1720 g/mol. The van der Waals surface area contributed by atoms with Crippen LogP contribution in [-0.2, 0) is 84.6 Å². The second-order valence-electron chi connectivity index (χ2n) is 30.9. The summed E-state index contributed by atoms with van der Waals surface area (Å²) < 4.78 is 19.1. The van der Waals surface area contributed by atoms with E-state index in [1.807, 2.05) is 27.7 Å². The quantitative estimate of drug-likeness (QED) is 0.0224. The number of ketones is 4. The molecule has 0 aliphatic rings. The Morgan fingerprint density at radius 2 is 0.619 bits per heavy atom. The van der Waals surface area contributed by atoms with Crippen LogP contribution in [0.1, 0.15) is 192 Å². The second kappa shape index (κ2) is 38.7. The Balaban J connectivity index is 0.000000177. The van der Waals surface area contributed by atoms with Gasteiger partial charge in [-0.2, -0.15) is 0 Å². The number of nitrogens with one attached hydrogen (secondary N) is 10. The van der Waals surface area contributed by atoms with Crippen molar-refractivity contribution < 1.29 is 72.5 Å². The first kappa shape index (κ1) is 92.2. The van der Waals surface area contributed by atoms with Crippen molar-refractivity contribution in [3.8, 4) is 11.5 Å². The van der Waals surface area contributed by atoms with Gasteiger partial charge in [-0.3, -0.25) is 62.3 Å². The summed E-state index contributed by atoms with van der Waals surface area (Å²) in [5.41, 5.74) is 5.91. The van der Waals surface area contributed by atoms with Crippen molar-refractivity contribution in [3.05, 3.63) is 222 Å². The van der Waals surface area contributed by atoms with Crippen molar-refractivity contribution in [2.75, 3.05) is 47.9 Å². The van der Waals surface area contributed by atoms with Gasteiger partial charge in [-0.15, -0.1) is 0 Å². The summed E-state index contributed by atoms with van der Waals surface area (Å²) in [5, 5.41) is 45.1. The highest BCUT2D eigenvalue weighted by Crippen LogP contribution is 2.33. The topological polar surface area (TPSA) is 497 Å². The summed E-state index contributed by atoms with van der Waals surface area (Å²) in [7, 11) is 20.4. The third-order valence-electron chi connectivity index (χ3n) is 19.7. The number of carbonyl (C=O) groups excluding carboxylic acids is 13. The van der Waals surface area contributed by atoms with Gasteiger partial charge in [0.1, 0.15) is 34.2 Å². The standard InChI is InChI=1S/C24H27N9O5.C21H25N5O3.C20H24N6O4.C20H24N6O3/c1-12(2)18(34)15-8-13(10-32(15)4)27-22(36)17-19(35)14(9-26-17)28-24(38)21-29-16(11-33(21)5)30-23(37)20-25-6-7-31(20)3;1-13(2)19(27)17-9-14(11-25(17)4)23-21(29)18-10-15(12-26(18)5)22-20(28)16-7-6-8-24(16)3;1-11(2)16(27)14-8-12(9-25(14)4)22-19(29)15-17(28)13(10-26(15)5)23-20(30)18-21-6-7-24(18)3;1-12(2)17(27)15-8-13(10-25(15)4)22-19(28)16-9-14(11-26(16)5)23-20(29)18-21-6-7-24(18)3/h6-12,26,35H,1-5H3,(H,27,36)(H,28,38)(H,30,37);6-13H,1-5H3,(H,22,28)(H,23,29);6-11,28H,1-5H3,(H,22,29)(H,23,30);6-12H,1-5H3,(H,22,28)(H,23,29). The zero-order valence-electron chi connectivity index (χ0n) is 73.0. The summed E-state index contributed by atoms with van der Waals surface area (Å²) in [6.45, 7) is 14.5. The van der Waals surface area contributed by atoms with E-state index in [9.17, 15) is 72.5 Å². The maximum Gasteiger partial charge on any atom is 0.292 e. The number of rotatable bonds is 26. The number of nitrogens with zero attached hydrogens (tertiary/aromatic N) is 16. The molecule has 13 heterocycles. The summed E-state index contributed by atoms with van der Waals surface area (Å²) in [5.74, 6) is -5.19. The molecule has 126 heavy (non-hydrogen) atoms. The molecule has 0 saturated carbocycles. The molecule has 41 heteroatoms. The van der Waals surface area contributed by atoms with Crippen LogP contribution in [0.5, 0.6) is 11.5 Å². The number of amides is 9. The van der Waals surface area contributed by atoms with Gasteiger partial charge in [0.05, 0.1) is 56.9 Å². The fourth-order valence-corrected chi connectivity index (χ4v) is 12.9. The predicted molar refractivity (Wildman–Crippen MR) is 469 cm³/mol. The maximum atomic E-state index is 12.8. The lowest BCUT2D eigenvalue weighted by Gasteiger charge is -2.05. The molecule has 13 rings (SSSR count). The van der Waals surface area contributed by atoms with E-state index >= 15 is 0 Å². The van der Waals surface area contributed by atoms with Gasteiger partial charge in [-0.25, -0.2) is 19.9 Å². The Morgan fingerprint density at radius 1 is 0.302 bits per heavy atom. The number of H-pyrrole nitrogens is 1.